The predicted octanol–water partition coefficient (Wildman–Crippen LogP) is 3.82. The van der Waals surface area contributed by atoms with E-state index in [0.29, 0.717) is 22.1 Å². The number of ether oxygens (including phenoxy) is 3. The van der Waals surface area contributed by atoms with Gasteiger partial charge in [0.2, 0.25) is 0 Å². The zero-order valence-corrected chi connectivity index (χ0v) is 16.2. The van der Waals surface area contributed by atoms with Gasteiger partial charge in [0.25, 0.3) is 5.91 Å². The number of thiophene rings is 1. The van der Waals surface area contributed by atoms with Crippen LogP contribution in [0.3, 0.4) is 0 Å². The summed E-state index contributed by atoms with van der Waals surface area (Å²) >= 11 is 1.39. The number of benzene rings is 1. The summed E-state index contributed by atoms with van der Waals surface area (Å²) < 4.78 is 15.7. The summed E-state index contributed by atoms with van der Waals surface area (Å²) in [6.07, 6.45) is 0.779. The number of rotatable bonds is 8. The van der Waals surface area contributed by atoms with E-state index in [-0.39, 0.29) is 19.1 Å². The molecule has 1 N–H and O–H groups in total. The number of aryl methyl sites for hydroxylation is 1. The van der Waals surface area contributed by atoms with Crippen molar-refractivity contribution in [3.8, 4) is 11.5 Å². The van der Waals surface area contributed by atoms with E-state index in [2.05, 4.69) is 5.32 Å². The van der Waals surface area contributed by atoms with Gasteiger partial charge in [-0.15, -0.1) is 11.3 Å². The number of esters is 1. The van der Waals surface area contributed by atoms with Gasteiger partial charge in [-0.3, -0.25) is 4.79 Å². The van der Waals surface area contributed by atoms with Gasteiger partial charge in [0.15, 0.2) is 6.61 Å². The molecule has 7 heteroatoms. The fraction of sp³-hybridized carbons (Fsp3) is 0.368. The zero-order valence-electron chi connectivity index (χ0n) is 15.4. The fourth-order valence-corrected chi connectivity index (χ4v) is 3.57. The van der Waals surface area contributed by atoms with Gasteiger partial charge in [-0.2, -0.15) is 0 Å². The minimum atomic E-state index is -0.424. The Morgan fingerprint density at radius 1 is 1.12 bits per heavy atom. The van der Waals surface area contributed by atoms with E-state index >= 15 is 0 Å². The first kappa shape index (κ1) is 19.8. The summed E-state index contributed by atoms with van der Waals surface area (Å²) in [7, 11) is 1.58. The molecule has 0 aliphatic heterocycles. The smallest absolute Gasteiger partial charge is 0.341 e. The van der Waals surface area contributed by atoms with Crippen LogP contribution in [0.25, 0.3) is 0 Å². The Morgan fingerprint density at radius 3 is 2.35 bits per heavy atom. The van der Waals surface area contributed by atoms with Crippen LogP contribution in [0.4, 0.5) is 5.00 Å². The largest absolute Gasteiger partial charge is 0.497 e. The molecule has 1 aromatic heterocycles. The van der Waals surface area contributed by atoms with Gasteiger partial charge in [-0.25, -0.2) is 4.79 Å². The molecular formula is C19H23NO5S. The third-order valence-corrected chi connectivity index (χ3v) is 5.08. The molecule has 1 heterocycles. The average molecular weight is 377 g/mol. The maximum Gasteiger partial charge on any atom is 0.341 e. The van der Waals surface area contributed by atoms with E-state index in [1.807, 2.05) is 13.8 Å². The number of carbonyl (C=O) groups excluding carboxylic acids is 2. The van der Waals surface area contributed by atoms with E-state index in [4.69, 9.17) is 14.2 Å². The third kappa shape index (κ3) is 4.76. The van der Waals surface area contributed by atoms with Gasteiger partial charge >= 0.3 is 5.97 Å². The number of amides is 1. The van der Waals surface area contributed by atoms with Crippen molar-refractivity contribution in [2.75, 3.05) is 25.6 Å². The average Bonchev–Trinajstić information content (AvgIpc) is 2.95. The van der Waals surface area contributed by atoms with Crippen molar-refractivity contribution in [3.05, 3.63) is 40.3 Å². The molecule has 140 valence electrons. The summed E-state index contributed by atoms with van der Waals surface area (Å²) in [6.45, 7) is 5.75. The van der Waals surface area contributed by atoms with Crippen LogP contribution in [0.1, 0.15) is 34.6 Å². The molecule has 0 aliphatic rings. The maximum atomic E-state index is 12.2. The molecule has 0 aliphatic carbocycles. The summed E-state index contributed by atoms with van der Waals surface area (Å²) in [5.74, 6) is 0.507. The van der Waals surface area contributed by atoms with Gasteiger partial charge in [-0.1, -0.05) is 6.92 Å². The molecule has 6 nitrogen and oxygen atoms in total. The topological polar surface area (TPSA) is 73.9 Å². The third-order valence-electron chi connectivity index (χ3n) is 3.73. The van der Waals surface area contributed by atoms with E-state index < -0.39 is 5.97 Å². The number of anilines is 1. The van der Waals surface area contributed by atoms with Gasteiger partial charge in [0, 0.05) is 4.88 Å². The van der Waals surface area contributed by atoms with Crippen molar-refractivity contribution in [2.45, 2.75) is 27.2 Å². The number of hydrogen-bond acceptors (Lipinski definition) is 6. The lowest BCUT2D eigenvalue weighted by molar-refractivity contribution is -0.118. The van der Waals surface area contributed by atoms with Gasteiger partial charge in [-0.05, 0) is 50.1 Å². The maximum absolute atomic E-state index is 12.2. The summed E-state index contributed by atoms with van der Waals surface area (Å²) in [6, 6.07) is 6.95. The summed E-state index contributed by atoms with van der Waals surface area (Å²) in [4.78, 5) is 25.5. The van der Waals surface area contributed by atoms with Crippen LogP contribution in [-0.4, -0.2) is 32.2 Å². The molecule has 0 saturated heterocycles. The minimum absolute atomic E-state index is 0.160. The van der Waals surface area contributed by atoms with Crippen molar-refractivity contribution in [3.63, 3.8) is 0 Å². The lowest BCUT2D eigenvalue weighted by atomic mass is 10.1. The highest BCUT2D eigenvalue weighted by Crippen LogP contribution is 2.34. The van der Waals surface area contributed by atoms with E-state index in [1.54, 1.807) is 38.3 Å². The molecule has 0 radical (unpaired) electrons. The van der Waals surface area contributed by atoms with Gasteiger partial charge in [0.1, 0.15) is 16.5 Å². The van der Waals surface area contributed by atoms with Crippen LogP contribution in [-0.2, 0) is 16.0 Å². The molecule has 1 amide bonds. The first-order valence-corrected chi connectivity index (χ1v) is 9.17. The Labute approximate surface area is 157 Å². The van der Waals surface area contributed by atoms with Crippen molar-refractivity contribution in [1.82, 2.24) is 0 Å². The number of carbonyl (C=O) groups is 2. The second-order valence-corrected chi connectivity index (χ2v) is 6.55. The van der Waals surface area contributed by atoms with E-state index in [9.17, 15) is 9.59 Å². The van der Waals surface area contributed by atoms with Crippen molar-refractivity contribution in [2.24, 2.45) is 0 Å². The molecule has 26 heavy (non-hydrogen) atoms. The minimum Gasteiger partial charge on any atom is -0.497 e. The molecule has 0 atom stereocenters. The number of methoxy groups -OCH3 is 1. The molecule has 0 saturated carbocycles. The predicted molar refractivity (Wildman–Crippen MR) is 102 cm³/mol. The monoisotopic (exact) mass is 377 g/mol. The summed E-state index contributed by atoms with van der Waals surface area (Å²) in [5.41, 5.74) is 1.27. The second-order valence-electron chi connectivity index (χ2n) is 5.44. The number of hydrogen-bond donors (Lipinski definition) is 1. The molecule has 0 spiro atoms. The Morgan fingerprint density at radius 2 is 1.77 bits per heavy atom. The fourth-order valence-electron chi connectivity index (χ4n) is 2.42. The van der Waals surface area contributed by atoms with Crippen LogP contribution >= 0.6 is 11.3 Å². The Kier molecular flexibility index (Phi) is 7.03. The van der Waals surface area contributed by atoms with Gasteiger partial charge < -0.3 is 19.5 Å². The van der Waals surface area contributed by atoms with Crippen molar-refractivity contribution < 1.29 is 23.8 Å². The van der Waals surface area contributed by atoms with Crippen LogP contribution < -0.4 is 14.8 Å². The van der Waals surface area contributed by atoms with Crippen molar-refractivity contribution in [1.29, 1.82) is 0 Å². The first-order chi connectivity index (χ1) is 12.5. The SMILES string of the molecule is CCOC(=O)c1c(NC(=O)COc2ccc(OC)cc2)sc(CC)c1C. The van der Waals surface area contributed by atoms with Crippen LogP contribution in [0.2, 0.25) is 0 Å². The molecule has 0 unspecified atom stereocenters. The molecular weight excluding hydrogens is 354 g/mol. The second kappa shape index (κ2) is 9.24. The quantitative estimate of drug-likeness (QED) is 0.708. The van der Waals surface area contributed by atoms with Crippen LogP contribution in [0, 0.1) is 6.92 Å². The molecule has 2 aromatic rings. The Balaban J connectivity index is 2.06. The van der Waals surface area contributed by atoms with E-state index in [0.717, 1.165) is 16.9 Å². The van der Waals surface area contributed by atoms with Crippen LogP contribution in [0.5, 0.6) is 11.5 Å². The highest BCUT2D eigenvalue weighted by Gasteiger charge is 2.23. The molecule has 2 rings (SSSR count). The summed E-state index contributed by atoms with van der Waals surface area (Å²) in [5, 5.41) is 3.27. The van der Waals surface area contributed by atoms with Crippen molar-refractivity contribution >= 4 is 28.2 Å². The number of nitrogens with one attached hydrogen (secondary N) is 1. The lowest BCUT2D eigenvalue weighted by Gasteiger charge is -2.09. The normalized spacial score (nSPS) is 10.3. The Bertz CT molecular complexity index is 767. The standard InChI is InChI=1S/C19H23NO5S/c1-5-15-12(3)17(19(22)24-6-2)18(26-15)20-16(21)11-25-14-9-7-13(23-4)8-10-14/h7-10H,5-6,11H2,1-4H3,(H,20,21). The Hall–Kier alpha value is -2.54. The zero-order chi connectivity index (χ0) is 19.1. The van der Waals surface area contributed by atoms with Crippen LogP contribution in [0.15, 0.2) is 24.3 Å². The van der Waals surface area contributed by atoms with Gasteiger partial charge in [0.05, 0.1) is 19.3 Å². The lowest BCUT2D eigenvalue weighted by Crippen LogP contribution is -2.21. The first-order valence-electron chi connectivity index (χ1n) is 8.36. The molecule has 1 aromatic carbocycles. The highest BCUT2D eigenvalue weighted by atomic mass is 32.1. The molecule has 0 bridgehead atoms. The highest BCUT2D eigenvalue weighted by molar-refractivity contribution is 7.17. The molecule has 0 fully saturated rings. The van der Waals surface area contributed by atoms with E-state index in [1.165, 1.54) is 11.3 Å².